The number of carbonyl (C=O) groups excluding carboxylic acids is 1. The van der Waals surface area contributed by atoms with Crippen molar-refractivity contribution >= 4 is 5.91 Å². The van der Waals surface area contributed by atoms with Crippen LogP contribution in [0.5, 0.6) is 17.2 Å². The van der Waals surface area contributed by atoms with Crippen molar-refractivity contribution in [1.82, 2.24) is 5.32 Å². The van der Waals surface area contributed by atoms with Crippen LogP contribution >= 0.6 is 0 Å². The summed E-state index contributed by atoms with van der Waals surface area (Å²) in [7, 11) is 4.60. The number of hydrogen-bond acceptors (Lipinski definition) is 4. The van der Waals surface area contributed by atoms with E-state index >= 15 is 0 Å². The second kappa shape index (κ2) is 8.19. The lowest BCUT2D eigenvalue weighted by Gasteiger charge is -2.11. The quantitative estimate of drug-likeness (QED) is 0.846. The Bertz CT molecular complexity index is 718. The van der Waals surface area contributed by atoms with Gasteiger partial charge < -0.3 is 19.5 Å². The summed E-state index contributed by atoms with van der Waals surface area (Å²) < 4.78 is 28.9. The molecule has 0 atom stereocenters. The second-order valence-electron chi connectivity index (χ2n) is 5.10. The summed E-state index contributed by atoms with van der Waals surface area (Å²) >= 11 is 0. The highest BCUT2D eigenvalue weighted by Gasteiger charge is 2.11. The molecule has 128 valence electrons. The van der Waals surface area contributed by atoms with Crippen molar-refractivity contribution in [2.45, 2.75) is 13.0 Å². The molecule has 2 rings (SSSR count). The monoisotopic (exact) mass is 333 g/mol. The molecular formula is C18H20FNO4. The van der Waals surface area contributed by atoms with Gasteiger partial charge in [-0.05, 0) is 35.9 Å². The summed E-state index contributed by atoms with van der Waals surface area (Å²) in [6.45, 7) is 0.330. The lowest BCUT2D eigenvalue weighted by molar-refractivity contribution is -0.120. The average Bonchev–Trinajstić information content (AvgIpc) is 2.59. The van der Waals surface area contributed by atoms with Crippen LogP contribution in [0.2, 0.25) is 0 Å². The van der Waals surface area contributed by atoms with Crippen molar-refractivity contribution in [3.8, 4) is 17.2 Å². The topological polar surface area (TPSA) is 56.8 Å². The highest BCUT2D eigenvalue weighted by molar-refractivity contribution is 5.79. The second-order valence-corrected chi connectivity index (χ2v) is 5.10. The Balaban J connectivity index is 2.00. The maximum Gasteiger partial charge on any atom is 0.224 e. The van der Waals surface area contributed by atoms with Crippen LogP contribution in [0.25, 0.3) is 0 Å². The zero-order valence-electron chi connectivity index (χ0n) is 13.9. The van der Waals surface area contributed by atoms with Crippen LogP contribution in [0.15, 0.2) is 36.4 Å². The Labute approximate surface area is 140 Å². The summed E-state index contributed by atoms with van der Waals surface area (Å²) in [6.07, 6.45) is 0.0359. The number of hydrogen-bond donors (Lipinski definition) is 1. The molecule has 0 radical (unpaired) electrons. The Morgan fingerprint density at radius 1 is 0.958 bits per heavy atom. The van der Waals surface area contributed by atoms with E-state index in [1.54, 1.807) is 26.4 Å². The molecule has 1 N–H and O–H groups in total. The van der Waals surface area contributed by atoms with Gasteiger partial charge in [-0.2, -0.15) is 0 Å². The Hall–Kier alpha value is -2.76. The van der Waals surface area contributed by atoms with Crippen LogP contribution in [0.1, 0.15) is 11.1 Å². The highest BCUT2D eigenvalue weighted by Crippen LogP contribution is 2.27. The molecule has 6 heteroatoms. The third kappa shape index (κ3) is 4.38. The molecule has 2 aromatic rings. The van der Waals surface area contributed by atoms with Gasteiger partial charge in [0, 0.05) is 12.1 Å². The van der Waals surface area contributed by atoms with E-state index in [1.807, 2.05) is 6.07 Å². The van der Waals surface area contributed by atoms with Gasteiger partial charge in [0.15, 0.2) is 11.5 Å². The van der Waals surface area contributed by atoms with Crippen LogP contribution in [-0.4, -0.2) is 27.2 Å². The van der Waals surface area contributed by atoms with E-state index in [0.29, 0.717) is 29.4 Å². The van der Waals surface area contributed by atoms with Gasteiger partial charge >= 0.3 is 0 Å². The van der Waals surface area contributed by atoms with E-state index in [4.69, 9.17) is 14.2 Å². The molecule has 0 saturated carbocycles. The van der Waals surface area contributed by atoms with Crippen molar-refractivity contribution in [1.29, 1.82) is 0 Å². The smallest absolute Gasteiger partial charge is 0.224 e. The summed E-state index contributed by atoms with van der Waals surface area (Å²) in [4.78, 5) is 12.1. The van der Waals surface area contributed by atoms with Crippen molar-refractivity contribution in [2.75, 3.05) is 21.3 Å². The first-order chi connectivity index (χ1) is 11.6. The minimum atomic E-state index is -0.404. The fourth-order valence-corrected chi connectivity index (χ4v) is 2.31. The molecule has 0 aromatic heterocycles. The van der Waals surface area contributed by atoms with Crippen LogP contribution in [0.3, 0.4) is 0 Å². The van der Waals surface area contributed by atoms with E-state index in [0.717, 1.165) is 5.56 Å². The van der Waals surface area contributed by atoms with Gasteiger partial charge in [-0.1, -0.05) is 6.07 Å². The van der Waals surface area contributed by atoms with Crippen LogP contribution in [0, 0.1) is 5.82 Å². The molecule has 0 spiro atoms. The van der Waals surface area contributed by atoms with Gasteiger partial charge in [-0.15, -0.1) is 0 Å². The van der Waals surface area contributed by atoms with E-state index in [1.165, 1.54) is 25.3 Å². The molecule has 0 aliphatic carbocycles. The third-order valence-electron chi connectivity index (χ3n) is 3.53. The van der Waals surface area contributed by atoms with Gasteiger partial charge in [-0.3, -0.25) is 4.79 Å². The van der Waals surface area contributed by atoms with Crippen molar-refractivity contribution in [3.63, 3.8) is 0 Å². The van der Waals surface area contributed by atoms with Gasteiger partial charge in [0.1, 0.15) is 11.6 Å². The lowest BCUT2D eigenvalue weighted by Crippen LogP contribution is -2.24. The first kappa shape index (κ1) is 17.6. The number of methoxy groups -OCH3 is 3. The number of ether oxygens (including phenoxy) is 3. The lowest BCUT2D eigenvalue weighted by atomic mass is 10.1. The molecule has 0 fully saturated rings. The predicted octanol–water partition coefficient (Wildman–Crippen LogP) is 2.71. The molecule has 0 aliphatic rings. The fraction of sp³-hybridized carbons (Fsp3) is 0.278. The summed E-state index contributed by atoms with van der Waals surface area (Å²) in [5.74, 6) is 1.07. The van der Waals surface area contributed by atoms with Gasteiger partial charge in [0.2, 0.25) is 5.91 Å². The maximum absolute atomic E-state index is 13.3. The highest BCUT2D eigenvalue weighted by atomic mass is 19.1. The van der Waals surface area contributed by atoms with Crippen molar-refractivity contribution < 1.29 is 23.4 Å². The molecular weight excluding hydrogens is 313 g/mol. The van der Waals surface area contributed by atoms with E-state index < -0.39 is 5.82 Å². The molecule has 0 saturated heterocycles. The molecule has 0 aliphatic heterocycles. The standard InChI is InChI=1S/C18H20FNO4/c1-22-15-7-5-14(19)9-13(15)10-18(21)20-11-12-4-6-16(23-2)17(8-12)24-3/h4-9H,10-11H2,1-3H3,(H,20,21). The first-order valence-electron chi connectivity index (χ1n) is 7.37. The fourth-order valence-electron chi connectivity index (χ4n) is 2.31. The molecule has 24 heavy (non-hydrogen) atoms. The normalized spacial score (nSPS) is 10.2. The maximum atomic E-state index is 13.3. The van der Waals surface area contributed by atoms with E-state index in [9.17, 15) is 9.18 Å². The number of rotatable bonds is 7. The average molecular weight is 333 g/mol. The summed E-state index contributed by atoms with van der Waals surface area (Å²) in [5.41, 5.74) is 1.37. The largest absolute Gasteiger partial charge is 0.496 e. The van der Waals surface area contributed by atoms with Gasteiger partial charge in [-0.25, -0.2) is 4.39 Å². The van der Waals surface area contributed by atoms with Gasteiger partial charge in [0.25, 0.3) is 0 Å². The molecule has 2 aromatic carbocycles. The van der Waals surface area contributed by atoms with E-state index in [2.05, 4.69) is 5.32 Å². The predicted molar refractivity (Wildman–Crippen MR) is 88.0 cm³/mol. The Morgan fingerprint density at radius 2 is 1.62 bits per heavy atom. The Kier molecular flexibility index (Phi) is 6.01. The molecule has 0 unspecified atom stereocenters. The SMILES string of the molecule is COc1ccc(F)cc1CC(=O)NCc1ccc(OC)c(OC)c1. The van der Waals surface area contributed by atoms with Crippen LogP contribution < -0.4 is 19.5 Å². The van der Waals surface area contributed by atoms with Crippen LogP contribution in [0.4, 0.5) is 4.39 Å². The van der Waals surface area contributed by atoms with Crippen molar-refractivity contribution in [3.05, 3.63) is 53.3 Å². The third-order valence-corrected chi connectivity index (χ3v) is 3.53. The molecule has 0 bridgehead atoms. The van der Waals surface area contributed by atoms with Crippen molar-refractivity contribution in [2.24, 2.45) is 0 Å². The zero-order valence-corrected chi connectivity index (χ0v) is 13.9. The Morgan fingerprint density at radius 3 is 2.29 bits per heavy atom. The van der Waals surface area contributed by atoms with E-state index in [-0.39, 0.29) is 12.3 Å². The van der Waals surface area contributed by atoms with Crippen LogP contribution in [-0.2, 0) is 17.8 Å². The number of amides is 1. The minimum absolute atomic E-state index is 0.0359. The number of benzene rings is 2. The number of nitrogens with one attached hydrogen (secondary N) is 1. The number of carbonyl (C=O) groups is 1. The molecule has 0 heterocycles. The summed E-state index contributed by atoms with van der Waals surface area (Å²) in [6, 6.07) is 9.51. The zero-order chi connectivity index (χ0) is 17.5. The van der Waals surface area contributed by atoms with Gasteiger partial charge in [0.05, 0.1) is 27.8 Å². The number of halogens is 1. The minimum Gasteiger partial charge on any atom is -0.496 e. The summed E-state index contributed by atoms with van der Waals surface area (Å²) in [5, 5.41) is 2.79. The first-order valence-corrected chi connectivity index (χ1v) is 7.37. The molecule has 5 nitrogen and oxygen atoms in total. The molecule has 1 amide bonds.